The molecule has 1 aromatic rings. The molecular formula is C13H16F3NO3S. The standard InChI is InChI=1S/C13H16F3NO3S/c14-9-4-5-10(12(16)11(9)15)21(19,20)17-13(8-18)6-2-1-3-7-13/h4-5,17-18H,1-3,6-8H2. The number of hydrogen-bond donors (Lipinski definition) is 2. The number of aliphatic hydroxyl groups excluding tert-OH is 1. The molecule has 0 spiro atoms. The van der Waals surface area contributed by atoms with Crippen molar-refractivity contribution in [2.45, 2.75) is 42.5 Å². The lowest BCUT2D eigenvalue weighted by molar-refractivity contribution is 0.142. The second kappa shape index (κ2) is 5.94. The van der Waals surface area contributed by atoms with Crippen molar-refractivity contribution in [3.8, 4) is 0 Å². The summed E-state index contributed by atoms with van der Waals surface area (Å²) in [7, 11) is -4.39. The molecule has 1 aromatic carbocycles. The highest BCUT2D eigenvalue weighted by atomic mass is 32.2. The van der Waals surface area contributed by atoms with Gasteiger partial charge in [-0.15, -0.1) is 0 Å². The Morgan fingerprint density at radius 3 is 2.29 bits per heavy atom. The molecule has 1 aliphatic rings. The summed E-state index contributed by atoms with van der Waals surface area (Å²) in [6, 6.07) is 1.23. The lowest BCUT2D eigenvalue weighted by atomic mass is 9.83. The lowest BCUT2D eigenvalue weighted by Crippen LogP contribution is -2.52. The zero-order valence-electron chi connectivity index (χ0n) is 11.2. The summed E-state index contributed by atoms with van der Waals surface area (Å²) in [4.78, 5) is -0.959. The largest absolute Gasteiger partial charge is 0.394 e. The van der Waals surface area contributed by atoms with E-state index in [1.807, 2.05) is 0 Å². The Morgan fingerprint density at radius 1 is 1.10 bits per heavy atom. The van der Waals surface area contributed by atoms with Gasteiger partial charge < -0.3 is 5.11 Å². The van der Waals surface area contributed by atoms with Gasteiger partial charge in [-0.1, -0.05) is 19.3 Å². The second-order valence-corrected chi connectivity index (χ2v) is 6.93. The van der Waals surface area contributed by atoms with Crippen LogP contribution in [0.15, 0.2) is 17.0 Å². The van der Waals surface area contributed by atoms with Crippen molar-refractivity contribution in [1.29, 1.82) is 0 Å². The molecule has 118 valence electrons. The third-order valence-corrected chi connectivity index (χ3v) is 5.35. The highest BCUT2D eigenvalue weighted by molar-refractivity contribution is 7.89. The fraction of sp³-hybridized carbons (Fsp3) is 0.538. The molecule has 1 saturated carbocycles. The smallest absolute Gasteiger partial charge is 0.244 e. The van der Waals surface area contributed by atoms with Gasteiger partial charge in [-0.2, -0.15) is 0 Å². The van der Waals surface area contributed by atoms with E-state index in [1.54, 1.807) is 0 Å². The molecule has 0 atom stereocenters. The number of benzene rings is 1. The van der Waals surface area contributed by atoms with E-state index < -0.39 is 44.5 Å². The monoisotopic (exact) mass is 323 g/mol. The molecule has 8 heteroatoms. The van der Waals surface area contributed by atoms with Gasteiger partial charge in [-0.05, 0) is 25.0 Å². The molecule has 1 aliphatic carbocycles. The first-order chi connectivity index (χ1) is 9.81. The first-order valence-electron chi connectivity index (χ1n) is 6.60. The predicted octanol–water partition coefficient (Wildman–Crippen LogP) is 2.08. The van der Waals surface area contributed by atoms with E-state index in [2.05, 4.69) is 4.72 Å². The van der Waals surface area contributed by atoms with Crippen molar-refractivity contribution in [2.75, 3.05) is 6.61 Å². The summed E-state index contributed by atoms with van der Waals surface area (Å²) >= 11 is 0. The second-order valence-electron chi connectivity index (χ2n) is 5.28. The van der Waals surface area contributed by atoms with Crippen LogP contribution in [0.5, 0.6) is 0 Å². The minimum atomic E-state index is -4.39. The van der Waals surface area contributed by atoms with Crippen LogP contribution in [0.25, 0.3) is 0 Å². The molecule has 0 aromatic heterocycles. The van der Waals surface area contributed by atoms with Gasteiger partial charge in [-0.3, -0.25) is 0 Å². The van der Waals surface area contributed by atoms with Crippen LogP contribution in [-0.2, 0) is 10.0 Å². The van der Waals surface area contributed by atoms with E-state index in [0.717, 1.165) is 19.3 Å². The van der Waals surface area contributed by atoms with Gasteiger partial charge in [-0.25, -0.2) is 26.3 Å². The summed E-state index contributed by atoms with van der Waals surface area (Å²) in [5.41, 5.74) is -1.08. The van der Waals surface area contributed by atoms with Gasteiger partial charge in [0.2, 0.25) is 10.0 Å². The molecule has 4 nitrogen and oxygen atoms in total. The first-order valence-corrected chi connectivity index (χ1v) is 8.08. The zero-order chi connectivity index (χ0) is 15.7. The van der Waals surface area contributed by atoms with Crippen molar-refractivity contribution >= 4 is 10.0 Å². The number of sulfonamides is 1. The van der Waals surface area contributed by atoms with Crippen LogP contribution in [0.3, 0.4) is 0 Å². The van der Waals surface area contributed by atoms with Crippen molar-refractivity contribution in [1.82, 2.24) is 4.72 Å². The third kappa shape index (κ3) is 3.22. The molecule has 2 rings (SSSR count). The average Bonchev–Trinajstić information content (AvgIpc) is 2.45. The summed E-state index contributed by atoms with van der Waals surface area (Å²) in [5, 5.41) is 9.47. The Morgan fingerprint density at radius 2 is 1.71 bits per heavy atom. The SMILES string of the molecule is O=S(=O)(NC1(CO)CCCCC1)c1ccc(F)c(F)c1F. The van der Waals surface area contributed by atoms with Gasteiger partial charge in [0.15, 0.2) is 17.5 Å². The van der Waals surface area contributed by atoms with Gasteiger partial charge >= 0.3 is 0 Å². The minimum Gasteiger partial charge on any atom is -0.394 e. The van der Waals surface area contributed by atoms with Crippen LogP contribution in [0.1, 0.15) is 32.1 Å². The highest BCUT2D eigenvalue weighted by Gasteiger charge is 2.37. The molecule has 0 heterocycles. The number of hydrogen-bond acceptors (Lipinski definition) is 3. The van der Waals surface area contributed by atoms with Gasteiger partial charge in [0.1, 0.15) is 4.90 Å². The van der Waals surface area contributed by atoms with Crippen molar-refractivity contribution in [3.05, 3.63) is 29.6 Å². The summed E-state index contributed by atoms with van der Waals surface area (Å²) in [6.07, 6.45) is 3.19. The maximum atomic E-state index is 13.6. The van der Waals surface area contributed by atoms with Crippen LogP contribution in [-0.4, -0.2) is 25.7 Å². The fourth-order valence-corrected chi connectivity index (χ4v) is 4.10. The molecule has 0 unspecified atom stereocenters. The lowest BCUT2D eigenvalue weighted by Gasteiger charge is -2.36. The molecular weight excluding hydrogens is 307 g/mol. The van der Waals surface area contributed by atoms with Crippen molar-refractivity contribution < 1.29 is 26.7 Å². The predicted molar refractivity (Wildman–Crippen MR) is 69.5 cm³/mol. The van der Waals surface area contributed by atoms with E-state index in [4.69, 9.17) is 0 Å². The Kier molecular flexibility index (Phi) is 4.60. The normalized spacial score (nSPS) is 18.7. The van der Waals surface area contributed by atoms with Crippen molar-refractivity contribution in [2.24, 2.45) is 0 Å². The summed E-state index contributed by atoms with van der Waals surface area (Å²) in [6.45, 7) is -0.433. The Labute approximate surface area is 121 Å². The first kappa shape index (κ1) is 16.3. The highest BCUT2D eigenvalue weighted by Crippen LogP contribution is 2.30. The van der Waals surface area contributed by atoms with E-state index in [1.165, 1.54) is 0 Å². The van der Waals surface area contributed by atoms with Gasteiger partial charge in [0, 0.05) is 0 Å². The van der Waals surface area contributed by atoms with E-state index in [-0.39, 0.29) is 0 Å². The molecule has 0 bridgehead atoms. The van der Waals surface area contributed by atoms with Crippen LogP contribution in [0, 0.1) is 17.5 Å². The van der Waals surface area contributed by atoms with Crippen LogP contribution < -0.4 is 4.72 Å². The quantitative estimate of drug-likeness (QED) is 0.834. The Bertz CT molecular complexity index is 628. The Hall–Kier alpha value is -1.12. The van der Waals surface area contributed by atoms with E-state index in [9.17, 15) is 26.7 Å². The molecule has 0 aliphatic heterocycles. The average molecular weight is 323 g/mol. The molecule has 2 N–H and O–H groups in total. The zero-order valence-corrected chi connectivity index (χ0v) is 12.0. The topological polar surface area (TPSA) is 66.4 Å². The number of halogens is 3. The molecule has 21 heavy (non-hydrogen) atoms. The molecule has 0 amide bonds. The summed E-state index contributed by atoms with van der Waals surface area (Å²) in [5.74, 6) is -5.05. The summed E-state index contributed by atoms with van der Waals surface area (Å²) < 4.78 is 66.4. The van der Waals surface area contributed by atoms with Crippen LogP contribution in [0.2, 0.25) is 0 Å². The van der Waals surface area contributed by atoms with Crippen LogP contribution in [0.4, 0.5) is 13.2 Å². The minimum absolute atomic E-state index is 0.411. The van der Waals surface area contributed by atoms with Gasteiger partial charge in [0.05, 0.1) is 12.1 Å². The maximum absolute atomic E-state index is 13.6. The molecule has 0 radical (unpaired) electrons. The molecule has 0 saturated heterocycles. The van der Waals surface area contributed by atoms with Gasteiger partial charge in [0.25, 0.3) is 0 Å². The van der Waals surface area contributed by atoms with E-state index in [0.29, 0.717) is 25.0 Å². The molecule has 1 fully saturated rings. The number of nitrogens with one attached hydrogen (secondary N) is 1. The van der Waals surface area contributed by atoms with E-state index >= 15 is 0 Å². The maximum Gasteiger partial charge on any atom is 0.244 e. The number of aliphatic hydroxyl groups is 1. The fourth-order valence-electron chi connectivity index (χ4n) is 2.58. The number of rotatable bonds is 4. The third-order valence-electron chi connectivity index (χ3n) is 3.75. The van der Waals surface area contributed by atoms with Crippen molar-refractivity contribution in [3.63, 3.8) is 0 Å². The van der Waals surface area contributed by atoms with Crippen LogP contribution >= 0.6 is 0 Å². The Balaban J connectivity index is 2.36.